The molecule has 6 nitrogen and oxygen atoms in total. The number of amides is 2. The summed E-state index contributed by atoms with van der Waals surface area (Å²) >= 11 is 0. The van der Waals surface area contributed by atoms with E-state index in [0.717, 1.165) is 16.7 Å². The van der Waals surface area contributed by atoms with Crippen LogP contribution in [0.4, 0.5) is 5.82 Å². The van der Waals surface area contributed by atoms with Crippen molar-refractivity contribution in [2.75, 3.05) is 39.5 Å². The Morgan fingerprint density at radius 2 is 1.79 bits per heavy atom. The first kappa shape index (κ1) is 22.5. The average Bonchev–Trinajstić information content (AvgIpc) is 3.28. The number of carbonyl (C=O) groups excluding carboxylic acids is 2. The van der Waals surface area contributed by atoms with Gasteiger partial charge in [-0.2, -0.15) is 0 Å². The fraction of sp³-hybridized carbons (Fsp3) is 0.296. The summed E-state index contributed by atoms with van der Waals surface area (Å²) in [6, 6.07) is 22.1. The van der Waals surface area contributed by atoms with Crippen LogP contribution in [0.2, 0.25) is 0 Å². The molecule has 1 saturated heterocycles. The lowest BCUT2D eigenvalue weighted by Gasteiger charge is -2.31. The molecule has 33 heavy (non-hydrogen) atoms. The maximum absolute atomic E-state index is 13.4. The predicted molar refractivity (Wildman–Crippen MR) is 131 cm³/mol. The van der Waals surface area contributed by atoms with Gasteiger partial charge in [0.1, 0.15) is 5.82 Å². The van der Waals surface area contributed by atoms with Crippen LogP contribution in [0, 0.1) is 5.41 Å². The van der Waals surface area contributed by atoms with Crippen molar-refractivity contribution in [2.24, 2.45) is 5.41 Å². The van der Waals surface area contributed by atoms with Crippen LogP contribution >= 0.6 is 0 Å². The zero-order valence-electron chi connectivity index (χ0n) is 19.4. The Morgan fingerprint density at radius 3 is 2.52 bits per heavy atom. The van der Waals surface area contributed by atoms with Crippen LogP contribution in [-0.2, 0) is 11.2 Å². The summed E-state index contributed by atoms with van der Waals surface area (Å²) in [6.07, 6.45) is 2.85. The van der Waals surface area contributed by atoms with Gasteiger partial charge in [-0.1, -0.05) is 54.6 Å². The lowest BCUT2D eigenvalue weighted by Crippen LogP contribution is -2.44. The number of hydrogen-bond donors (Lipinski definition) is 1. The number of hydrogen-bond acceptors (Lipinski definition) is 4. The zero-order chi connectivity index (χ0) is 23.4. The highest BCUT2D eigenvalue weighted by atomic mass is 16.2. The fourth-order valence-electron chi connectivity index (χ4n) is 4.68. The van der Waals surface area contributed by atoms with Gasteiger partial charge in [0, 0.05) is 46.0 Å². The fourth-order valence-corrected chi connectivity index (χ4v) is 4.68. The van der Waals surface area contributed by atoms with Crippen LogP contribution in [0.25, 0.3) is 11.1 Å². The minimum absolute atomic E-state index is 0.0635. The molecule has 1 aliphatic rings. The first-order chi connectivity index (χ1) is 15.9. The Hall–Kier alpha value is -3.67. The normalized spacial score (nSPS) is 17.6. The minimum atomic E-state index is -0.645. The molecule has 4 rings (SSSR count). The van der Waals surface area contributed by atoms with E-state index in [0.29, 0.717) is 37.3 Å². The molecule has 170 valence electrons. The van der Waals surface area contributed by atoms with E-state index in [-0.39, 0.29) is 11.8 Å². The van der Waals surface area contributed by atoms with E-state index in [9.17, 15) is 9.59 Å². The Kier molecular flexibility index (Phi) is 6.45. The number of nitrogens with zero attached hydrogens (tertiary/aromatic N) is 3. The summed E-state index contributed by atoms with van der Waals surface area (Å²) in [4.78, 5) is 34.3. The van der Waals surface area contributed by atoms with Crippen LogP contribution in [-0.4, -0.2) is 60.8 Å². The maximum Gasteiger partial charge on any atom is 0.254 e. The van der Waals surface area contributed by atoms with Crippen LogP contribution in [0.5, 0.6) is 0 Å². The summed E-state index contributed by atoms with van der Waals surface area (Å²) in [5, 5.41) is 2.97. The Labute approximate surface area is 195 Å². The molecule has 0 radical (unpaired) electrons. The predicted octanol–water partition coefficient (Wildman–Crippen LogP) is 3.95. The first-order valence-electron chi connectivity index (χ1n) is 11.2. The van der Waals surface area contributed by atoms with Crippen LogP contribution < -0.4 is 5.32 Å². The highest BCUT2D eigenvalue weighted by Crippen LogP contribution is 2.37. The molecule has 2 aromatic carbocycles. The number of carbonyl (C=O) groups is 2. The third-order valence-electron chi connectivity index (χ3n) is 6.34. The minimum Gasteiger partial charge on any atom is -0.373 e. The highest BCUT2D eigenvalue weighted by molar-refractivity contribution is 5.96. The molecule has 0 spiro atoms. The average molecular weight is 443 g/mol. The first-order valence-corrected chi connectivity index (χ1v) is 11.2. The van der Waals surface area contributed by atoms with Gasteiger partial charge in [0.15, 0.2) is 0 Å². The quantitative estimate of drug-likeness (QED) is 0.628. The summed E-state index contributed by atoms with van der Waals surface area (Å²) in [5.41, 5.74) is 3.31. The Balaban J connectivity index is 1.61. The number of likely N-dealkylation sites (tertiary alicyclic amines) is 1. The standard InChI is InChI=1S/C27H30N4O2/c1-28-24-17-23(12-14-29-24)25(32)31-15-13-27(19-31,26(33)30(2)3)18-20-8-7-11-22(16-20)21-9-5-4-6-10-21/h4-12,14,16-17H,13,15,18-19H2,1-3H3,(H,28,29). The Morgan fingerprint density at radius 1 is 1.03 bits per heavy atom. The zero-order valence-corrected chi connectivity index (χ0v) is 19.4. The van der Waals surface area contributed by atoms with E-state index in [1.165, 1.54) is 0 Å². The lowest BCUT2D eigenvalue weighted by atomic mass is 9.79. The van der Waals surface area contributed by atoms with Gasteiger partial charge in [0.25, 0.3) is 5.91 Å². The number of anilines is 1. The maximum atomic E-state index is 13.4. The molecule has 0 bridgehead atoms. The second kappa shape index (κ2) is 9.45. The van der Waals surface area contributed by atoms with Gasteiger partial charge in [-0.25, -0.2) is 4.98 Å². The summed E-state index contributed by atoms with van der Waals surface area (Å²) in [5.74, 6) is 0.641. The van der Waals surface area contributed by atoms with Crippen molar-refractivity contribution in [3.05, 3.63) is 84.1 Å². The molecule has 6 heteroatoms. The van der Waals surface area contributed by atoms with Gasteiger partial charge in [0.2, 0.25) is 5.91 Å². The molecular formula is C27H30N4O2. The molecule has 1 aliphatic heterocycles. The number of nitrogens with one attached hydrogen (secondary N) is 1. The molecule has 1 aromatic heterocycles. The van der Waals surface area contributed by atoms with Crippen molar-refractivity contribution < 1.29 is 9.59 Å². The number of benzene rings is 2. The molecule has 1 atom stereocenters. The summed E-state index contributed by atoms with van der Waals surface area (Å²) < 4.78 is 0. The van der Waals surface area contributed by atoms with Crippen molar-refractivity contribution in [1.29, 1.82) is 0 Å². The van der Waals surface area contributed by atoms with Crippen molar-refractivity contribution >= 4 is 17.6 Å². The highest BCUT2D eigenvalue weighted by Gasteiger charge is 2.46. The van der Waals surface area contributed by atoms with Crippen LogP contribution in [0.3, 0.4) is 0 Å². The van der Waals surface area contributed by atoms with Crippen molar-refractivity contribution in [3.8, 4) is 11.1 Å². The van der Waals surface area contributed by atoms with Crippen LogP contribution in [0.15, 0.2) is 72.9 Å². The summed E-state index contributed by atoms with van der Waals surface area (Å²) in [6.45, 7) is 0.948. The lowest BCUT2D eigenvalue weighted by molar-refractivity contribution is -0.138. The number of aromatic nitrogens is 1. The number of rotatable bonds is 6. The molecule has 3 aromatic rings. The van der Waals surface area contributed by atoms with Gasteiger partial charge in [-0.15, -0.1) is 0 Å². The van der Waals surface area contributed by atoms with Crippen LogP contribution in [0.1, 0.15) is 22.3 Å². The van der Waals surface area contributed by atoms with E-state index in [1.54, 1.807) is 49.3 Å². The molecule has 1 N–H and O–H groups in total. The van der Waals surface area contributed by atoms with Gasteiger partial charge >= 0.3 is 0 Å². The topological polar surface area (TPSA) is 65.5 Å². The smallest absolute Gasteiger partial charge is 0.254 e. The number of pyridine rings is 1. The van der Waals surface area contributed by atoms with E-state index in [2.05, 4.69) is 40.6 Å². The van der Waals surface area contributed by atoms with Crippen molar-refractivity contribution in [1.82, 2.24) is 14.8 Å². The molecular weight excluding hydrogens is 412 g/mol. The van der Waals surface area contributed by atoms with Gasteiger partial charge in [-0.3, -0.25) is 9.59 Å². The Bertz CT molecular complexity index is 1150. The van der Waals surface area contributed by atoms with Gasteiger partial charge < -0.3 is 15.1 Å². The van der Waals surface area contributed by atoms with E-state index < -0.39 is 5.41 Å². The monoisotopic (exact) mass is 442 g/mol. The third-order valence-corrected chi connectivity index (χ3v) is 6.34. The molecule has 0 saturated carbocycles. The van der Waals surface area contributed by atoms with Gasteiger partial charge in [-0.05, 0) is 41.7 Å². The molecule has 0 aliphatic carbocycles. The summed E-state index contributed by atoms with van der Waals surface area (Å²) in [7, 11) is 5.35. The van der Waals surface area contributed by atoms with E-state index in [4.69, 9.17) is 0 Å². The van der Waals surface area contributed by atoms with E-state index in [1.807, 2.05) is 24.3 Å². The molecule has 1 unspecified atom stereocenters. The molecule has 1 fully saturated rings. The molecule has 2 heterocycles. The SMILES string of the molecule is CNc1cc(C(=O)N2CCC(Cc3cccc(-c4ccccc4)c3)(C(=O)N(C)C)C2)ccn1. The van der Waals surface area contributed by atoms with Crippen molar-refractivity contribution in [3.63, 3.8) is 0 Å². The van der Waals surface area contributed by atoms with Crippen molar-refractivity contribution in [2.45, 2.75) is 12.8 Å². The second-order valence-electron chi connectivity index (χ2n) is 8.88. The van der Waals surface area contributed by atoms with Gasteiger partial charge in [0.05, 0.1) is 5.41 Å². The largest absolute Gasteiger partial charge is 0.373 e. The van der Waals surface area contributed by atoms with E-state index >= 15 is 0 Å². The molecule has 2 amide bonds. The third kappa shape index (κ3) is 4.75. The second-order valence-corrected chi connectivity index (χ2v) is 8.88.